The third-order valence-corrected chi connectivity index (χ3v) is 5.99. The van der Waals surface area contributed by atoms with E-state index in [-0.39, 0.29) is 38.9 Å². The molecule has 1 fully saturated rings. The first-order chi connectivity index (χ1) is 16.3. The van der Waals surface area contributed by atoms with E-state index in [4.69, 9.17) is 32.7 Å². The molecule has 1 aliphatic heterocycles. The van der Waals surface area contributed by atoms with Crippen molar-refractivity contribution in [2.24, 2.45) is 0 Å². The first kappa shape index (κ1) is 23.6. The van der Waals surface area contributed by atoms with E-state index in [0.29, 0.717) is 5.02 Å². The minimum absolute atomic E-state index is 0.0156. The van der Waals surface area contributed by atoms with Crippen molar-refractivity contribution < 1.29 is 28.6 Å². The number of ketones is 1. The van der Waals surface area contributed by atoms with Gasteiger partial charge >= 0.3 is 0 Å². The van der Waals surface area contributed by atoms with E-state index in [0.717, 1.165) is 4.90 Å². The molecule has 1 heterocycles. The highest BCUT2D eigenvalue weighted by atomic mass is 35.5. The number of aliphatic hydroxyl groups is 1. The molecule has 3 aromatic carbocycles. The van der Waals surface area contributed by atoms with E-state index < -0.39 is 29.3 Å². The smallest absolute Gasteiger partial charge is 0.300 e. The molecule has 4 rings (SSSR count). The minimum atomic E-state index is -1.27. The maximum absolute atomic E-state index is 15.0. The first-order valence-electron chi connectivity index (χ1n) is 10.0. The van der Waals surface area contributed by atoms with Crippen molar-refractivity contribution in [3.8, 4) is 11.5 Å². The lowest BCUT2D eigenvalue weighted by atomic mass is 9.94. The van der Waals surface area contributed by atoms with Gasteiger partial charge in [-0.2, -0.15) is 0 Å². The number of rotatable bonds is 5. The molecular weight excluding hydrogens is 484 g/mol. The predicted molar refractivity (Wildman–Crippen MR) is 127 cm³/mol. The Hall–Kier alpha value is -3.55. The summed E-state index contributed by atoms with van der Waals surface area (Å²) < 4.78 is 25.5. The van der Waals surface area contributed by atoms with Crippen molar-refractivity contribution in [3.05, 3.63) is 93.2 Å². The van der Waals surface area contributed by atoms with Crippen LogP contribution in [-0.4, -0.2) is 31.0 Å². The van der Waals surface area contributed by atoms with Crippen LogP contribution in [0.1, 0.15) is 17.2 Å². The predicted octanol–water partition coefficient (Wildman–Crippen LogP) is 5.78. The number of methoxy groups -OCH3 is 2. The number of hydrogen-bond donors (Lipinski definition) is 1. The maximum atomic E-state index is 15.0. The topological polar surface area (TPSA) is 76.1 Å². The molecule has 1 atom stereocenters. The van der Waals surface area contributed by atoms with Crippen LogP contribution in [0.15, 0.2) is 66.2 Å². The van der Waals surface area contributed by atoms with Gasteiger partial charge in [-0.1, -0.05) is 47.5 Å². The average molecular weight is 502 g/mol. The molecule has 1 amide bonds. The number of benzene rings is 3. The maximum Gasteiger partial charge on any atom is 0.300 e. The molecular formula is C25H18Cl2FNO5. The van der Waals surface area contributed by atoms with Crippen molar-refractivity contribution in [2.75, 3.05) is 19.1 Å². The van der Waals surface area contributed by atoms with Gasteiger partial charge in [-0.25, -0.2) is 4.39 Å². The Balaban J connectivity index is 2.02. The van der Waals surface area contributed by atoms with Crippen LogP contribution in [0.5, 0.6) is 11.5 Å². The van der Waals surface area contributed by atoms with E-state index in [1.54, 1.807) is 24.3 Å². The molecule has 34 heavy (non-hydrogen) atoms. The monoisotopic (exact) mass is 501 g/mol. The second-order valence-electron chi connectivity index (χ2n) is 7.36. The van der Waals surface area contributed by atoms with Crippen LogP contribution in [0, 0.1) is 5.82 Å². The molecule has 1 unspecified atom stereocenters. The van der Waals surface area contributed by atoms with Crippen molar-refractivity contribution in [1.29, 1.82) is 0 Å². The summed E-state index contributed by atoms with van der Waals surface area (Å²) in [5, 5.41) is 11.8. The summed E-state index contributed by atoms with van der Waals surface area (Å²) in [6, 6.07) is 13.4. The zero-order valence-corrected chi connectivity index (χ0v) is 19.5. The Bertz CT molecular complexity index is 1340. The van der Waals surface area contributed by atoms with Crippen LogP contribution in [0.2, 0.25) is 10.0 Å². The number of amides is 1. The Labute approximate surface area is 204 Å². The van der Waals surface area contributed by atoms with E-state index in [1.807, 2.05) is 0 Å². The van der Waals surface area contributed by atoms with Crippen molar-refractivity contribution in [1.82, 2.24) is 0 Å². The Kier molecular flexibility index (Phi) is 6.50. The first-order valence-corrected chi connectivity index (χ1v) is 10.8. The molecule has 0 aromatic heterocycles. The van der Waals surface area contributed by atoms with Gasteiger partial charge < -0.3 is 14.6 Å². The Morgan fingerprint density at radius 3 is 2.32 bits per heavy atom. The van der Waals surface area contributed by atoms with Gasteiger partial charge in [0.2, 0.25) is 0 Å². The van der Waals surface area contributed by atoms with Gasteiger partial charge in [-0.05, 0) is 30.3 Å². The lowest BCUT2D eigenvalue weighted by Crippen LogP contribution is -2.29. The number of hydrogen-bond acceptors (Lipinski definition) is 5. The zero-order chi connectivity index (χ0) is 24.6. The largest absolute Gasteiger partial charge is 0.507 e. The van der Waals surface area contributed by atoms with Crippen LogP contribution >= 0.6 is 23.2 Å². The number of carbonyl (C=O) groups excluding carboxylic acids is 2. The number of anilines is 1. The molecule has 1 aliphatic rings. The molecule has 174 valence electrons. The third-order valence-electron chi connectivity index (χ3n) is 5.46. The van der Waals surface area contributed by atoms with Crippen molar-refractivity contribution in [3.63, 3.8) is 0 Å². The molecule has 0 radical (unpaired) electrons. The Morgan fingerprint density at radius 1 is 0.971 bits per heavy atom. The quantitative estimate of drug-likeness (QED) is 0.272. The summed E-state index contributed by atoms with van der Waals surface area (Å²) in [6.45, 7) is 0. The van der Waals surface area contributed by atoms with Gasteiger partial charge in [0.25, 0.3) is 11.7 Å². The normalized spacial score (nSPS) is 17.2. The van der Waals surface area contributed by atoms with Crippen molar-refractivity contribution in [2.45, 2.75) is 6.04 Å². The average Bonchev–Trinajstić information content (AvgIpc) is 3.09. The molecule has 0 saturated carbocycles. The van der Waals surface area contributed by atoms with Gasteiger partial charge in [-0.3, -0.25) is 14.5 Å². The molecule has 9 heteroatoms. The summed E-state index contributed by atoms with van der Waals surface area (Å²) in [5.74, 6) is -2.76. The van der Waals surface area contributed by atoms with Crippen molar-refractivity contribution >= 4 is 46.3 Å². The van der Waals surface area contributed by atoms with E-state index >= 15 is 0 Å². The summed E-state index contributed by atoms with van der Waals surface area (Å²) in [4.78, 5) is 27.5. The lowest BCUT2D eigenvalue weighted by molar-refractivity contribution is -0.132. The standard InChI is InChI=1S/C25H18Cl2FNO5/c1-33-19-12-20(34-2)17(27)11-16(19)23(30)21-22(15-8-3-4-9-18(15)28)29(25(32)24(21)31)14-7-5-6-13(26)10-14/h3-12,22,30H,1-2H3/b23-21+. The molecule has 1 saturated heterocycles. The lowest BCUT2D eigenvalue weighted by Gasteiger charge is -2.26. The van der Waals surface area contributed by atoms with Crippen LogP contribution in [0.25, 0.3) is 5.76 Å². The number of ether oxygens (including phenoxy) is 2. The van der Waals surface area contributed by atoms with Crippen LogP contribution in [0.4, 0.5) is 10.1 Å². The summed E-state index contributed by atoms with van der Waals surface area (Å²) in [6.07, 6.45) is 0. The molecule has 0 spiro atoms. The molecule has 1 N–H and O–H groups in total. The van der Waals surface area contributed by atoms with Gasteiger partial charge in [0, 0.05) is 22.3 Å². The fourth-order valence-corrected chi connectivity index (χ4v) is 4.33. The summed E-state index contributed by atoms with van der Waals surface area (Å²) in [7, 11) is 2.77. The van der Waals surface area contributed by atoms with Gasteiger partial charge in [-0.15, -0.1) is 0 Å². The Morgan fingerprint density at radius 2 is 1.68 bits per heavy atom. The molecule has 0 aliphatic carbocycles. The third kappa shape index (κ3) is 3.97. The van der Waals surface area contributed by atoms with Gasteiger partial charge in [0.1, 0.15) is 23.1 Å². The highest BCUT2D eigenvalue weighted by Gasteiger charge is 2.48. The molecule has 0 bridgehead atoms. The minimum Gasteiger partial charge on any atom is -0.507 e. The SMILES string of the molecule is COc1cc(OC)c(/C(O)=C2\C(=O)C(=O)N(c3cccc(Cl)c3)C2c2ccccc2F)cc1Cl. The summed E-state index contributed by atoms with van der Waals surface area (Å²) >= 11 is 12.4. The zero-order valence-electron chi connectivity index (χ0n) is 18.0. The van der Waals surface area contributed by atoms with Gasteiger partial charge in [0.15, 0.2) is 0 Å². The van der Waals surface area contributed by atoms with E-state index in [1.165, 1.54) is 50.6 Å². The summed E-state index contributed by atoms with van der Waals surface area (Å²) in [5.41, 5.74) is -0.00299. The number of halogens is 3. The second kappa shape index (κ2) is 9.37. The second-order valence-corrected chi connectivity index (χ2v) is 8.20. The highest BCUT2D eigenvalue weighted by molar-refractivity contribution is 6.52. The molecule has 3 aromatic rings. The number of nitrogens with zero attached hydrogens (tertiary/aromatic N) is 1. The number of carbonyl (C=O) groups is 2. The fourth-order valence-electron chi connectivity index (χ4n) is 3.91. The number of aliphatic hydroxyl groups excluding tert-OH is 1. The number of Topliss-reactive ketones (excluding diaryl/α,β-unsaturated/α-hetero) is 1. The van der Waals surface area contributed by atoms with Gasteiger partial charge in [0.05, 0.1) is 36.4 Å². The van der Waals surface area contributed by atoms with Crippen LogP contribution < -0.4 is 14.4 Å². The fraction of sp³-hybridized carbons (Fsp3) is 0.120. The van der Waals surface area contributed by atoms with E-state index in [9.17, 15) is 19.1 Å². The van der Waals surface area contributed by atoms with Crippen LogP contribution in [0.3, 0.4) is 0 Å². The van der Waals surface area contributed by atoms with Crippen LogP contribution in [-0.2, 0) is 9.59 Å². The molecule has 6 nitrogen and oxygen atoms in total. The van der Waals surface area contributed by atoms with E-state index in [2.05, 4.69) is 0 Å². The highest BCUT2D eigenvalue weighted by Crippen LogP contribution is 2.45.